The molecule has 0 aromatic carbocycles. The number of amides is 2. The molecule has 1 heterocycles. The van der Waals surface area contributed by atoms with E-state index in [1.54, 1.807) is 34.6 Å². The summed E-state index contributed by atoms with van der Waals surface area (Å²) in [6, 6.07) is -0.934. The largest absolute Gasteiger partial charge is 0.464 e. The molecule has 0 N–H and O–H groups in total. The highest BCUT2D eigenvalue weighted by molar-refractivity contribution is 6.04. The van der Waals surface area contributed by atoms with E-state index in [0.717, 1.165) is 10.5 Å². The van der Waals surface area contributed by atoms with Crippen molar-refractivity contribution in [2.75, 3.05) is 6.61 Å². The summed E-state index contributed by atoms with van der Waals surface area (Å²) in [6.45, 7) is 10.7. The van der Waals surface area contributed by atoms with Crippen LogP contribution in [0.15, 0.2) is 11.6 Å². The van der Waals surface area contributed by atoms with Crippen molar-refractivity contribution in [2.45, 2.75) is 59.6 Å². The molecular weight excluding hydrogens is 298 g/mol. The number of hydrogen-bond acceptors (Lipinski definition) is 5. The van der Waals surface area contributed by atoms with Crippen molar-refractivity contribution in [3.8, 4) is 0 Å². The molecule has 2 amide bonds. The molecule has 6 heteroatoms. The monoisotopic (exact) mass is 323 g/mol. The average molecular weight is 323 g/mol. The number of carbonyl (C=O) groups excluding carboxylic acids is 3. The predicted molar refractivity (Wildman–Crippen MR) is 83.5 cm³/mol. The molecule has 0 spiro atoms. The van der Waals surface area contributed by atoms with Gasteiger partial charge in [-0.3, -0.25) is 4.79 Å². The first kappa shape index (κ1) is 17.5. The minimum absolute atomic E-state index is 0.196. The molecule has 6 nitrogen and oxygen atoms in total. The molecule has 0 radical (unpaired) electrons. The van der Waals surface area contributed by atoms with Crippen LogP contribution in [0.2, 0.25) is 0 Å². The van der Waals surface area contributed by atoms with Gasteiger partial charge in [0.25, 0.3) is 0 Å². The Labute approximate surface area is 136 Å². The molecule has 0 aromatic heterocycles. The maximum Gasteiger partial charge on any atom is 0.417 e. The Morgan fingerprint density at radius 2 is 2.00 bits per heavy atom. The third-order valence-corrected chi connectivity index (χ3v) is 4.68. The van der Waals surface area contributed by atoms with E-state index in [0.29, 0.717) is 6.42 Å². The Balaban J connectivity index is 2.41. The number of carbonyl (C=O) groups is 3. The molecule has 3 atom stereocenters. The number of esters is 1. The topological polar surface area (TPSA) is 72.9 Å². The van der Waals surface area contributed by atoms with Gasteiger partial charge >= 0.3 is 12.1 Å². The second kappa shape index (κ2) is 5.65. The number of ether oxygens (including phenoxy) is 2. The summed E-state index contributed by atoms with van der Waals surface area (Å²) >= 11 is 0. The highest BCUT2D eigenvalue weighted by Gasteiger charge is 2.64. The first-order valence-electron chi connectivity index (χ1n) is 7.94. The van der Waals surface area contributed by atoms with E-state index in [4.69, 9.17) is 9.47 Å². The summed E-state index contributed by atoms with van der Waals surface area (Å²) in [6.07, 6.45) is 1.74. The van der Waals surface area contributed by atoms with Gasteiger partial charge in [-0.15, -0.1) is 0 Å². The van der Waals surface area contributed by atoms with Gasteiger partial charge in [-0.1, -0.05) is 11.6 Å². The zero-order chi connectivity index (χ0) is 17.6. The summed E-state index contributed by atoms with van der Waals surface area (Å²) in [5, 5.41) is 0. The van der Waals surface area contributed by atoms with Crippen LogP contribution in [0.3, 0.4) is 0 Å². The lowest BCUT2D eigenvalue weighted by molar-refractivity contribution is -0.152. The highest BCUT2D eigenvalue weighted by atomic mass is 16.6. The van der Waals surface area contributed by atoms with Crippen molar-refractivity contribution < 1.29 is 23.9 Å². The summed E-state index contributed by atoms with van der Waals surface area (Å²) < 4.78 is 10.4. The zero-order valence-corrected chi connectivity index (χ0v) is 14.6. The Kier molecular flexibility index (Phi) is 4.30. The molecule has 0 unspecified atom stereocenters. The van der Waals surface area contributed by atoms with E-state index < -0.39 is 29.1 Å². The molecule has 0 saturated carbocycles. The van der Waals surface area contributed by atoms with Crippen LogP contribution in [0.4, 0.5) is 4.79 Å². The van der Waals surface area contributed by atoms with Crippen LogP contribution in [0.1, 0.15) is 48.0 Å². The van der Waals surface area contributed by atoms with E-state index in [9.17, 15) is 14.4 Å². The molecule has 1 fully saturated rings. The number of rotatable bonds is 2. The number of imide groups is 1. The Bertz CT molecular complexity index is 574. The Morgan fingerprint density at radius 1 is 1.39 bits per heavy atom. The fourth-order valence-electron chi connectivity index (χ4n) is 3.38. The maximum atomic E-state index is 12.9. The number of nitrogens with zero attached hydrogens (tertiary/aromatic N) is 1. The third-order valence-electron chi connectivity index (χ3n) is 4.68. The van der Waals surface area contributed by atoms with Crippen molar-refractivity contribution in [2.24, 2.45) is 11.3 Å². The van der Waals surface area contributed by atoms with E-state index in [-0.39, 0.29) is 18.4 Å². The van der Waals surface area contributed by atoms with Gasteiger partial charge in [0.2, 0.25) is 5.91 Å². The second-order valence-electron chi connectivity index (χ2n) is 7.28. The van der Waals surface area contributed by atoms with Gasteiger partial charge < -0.3 is 9.47 Å². The smallest absolute Gasteiger partial charge is 0.417 e. The van der Waals surface area contributed by atoms with Crippen molar-refractivity contribution >= 4 is 18.0 Å². The first-order chi connectivity index (χ1) is 10.5. The quantitative estimate of drug-likeness (QED) is 0.577. The SMILES string of the molecule is CCOC(=O)[C@@H]1[C@H]2CC=C(C)[C@@]2(C)C(=O)N1C(=O)OC(C)(C)C. The molecular formula is C17H25NO5. The van der Waals surface area contributed by atoms with Gasteiger partial charge in [0.1, 0.15) is 11.6 Å². The Morgan fingerprint density at radius 3 is 2.52 bits per heavy atom. The lowest BCUT2D eigenvalue weighted by Crippen LogP contribution is -2.48. The van der Waals surface area contributed by atoms with Crippen LogP contribution < -0.4 is 0 Å². The number of allylic oxidation sites excluding steroid dienone is 1. The molecule has 1 saturated heterocycles. The van der Waals surface area contributed by atoms with Gasteiger partial charge in [-0.05, 0) is 48.0 Å². The van der Waals surface area contributed by atoms with Gasteiger partial charge in [-0.2, -0.15) is 0 Å². The summed E-state index contributed by atoms with van der Waals surface area (Å²) in [5.41, 5.74) is -0.721. The van der Waals surface area contributed by atoms with Crippen molar-refractivity contribution in [1.29, 1.82) is 0 Å². The average Bonchev–Trinajstić information content (AvgIpc) is 2.82. The van der Waals surface area contributed by atoms with Crippen LogP contribution in [-0.2, 0) is 19.1 Å². The minimum atomic E-state index is -0.934. The van der Waals surface area contributed by atoms with E-state index in [1.807, 2.05) is 13.0 Å². The minimum Gasteiger partial charge on any atom is -0.464 e. The molecule has 2 rings (SSSR count). The highest BCUT2D eigenvalue weighted by Crippen LogP contribution is 2.53. The van der Waals surface area contributed by atoms with Gasteiger partial charge in [0.05, 0.1) is 12.0 Å². The molecule has 2 aliphatic rings. The fourth-order valence-corrected chi connectivity index (χ4v) is 3.38. The summed E-state index contributed by atoms with van der Waals surface area (Å²) in [7, 11) is 0. The lowest BCUT2D eigenvalue weighted by atomic mass is 9.76. The lowest BCUT2D eigenvalue weighted by Gasteiger charge is -2.27. The van der Waals surface area contributed by atoms with E-state index in [1.165, 1.54) is 0 Å². The number of fused-ring (bicyclic) bond motifs is 1. The molecule has 23 heavy (non-hydrogen) atoms. The van der Waals surface area contributed by atoms with Crippen LogP contribution in [0.5, 0.6) is 0 Å². The molecule has 128 valence electrons. The van der Waals surface area contributed by atoms with Crippen molar-refractivity contribution in [3.63, 3.8) is 0 Å². The standard InChI is InChI=1S/C17H25NO5/c1-7-22-13(19)12-11-9-8-10(2)17(11,6)14(20)18(12)15(21)23-16(3,4)5/h8,11-12H,7,9H2,1-6H3/t11-,12+,17-/m1/s1. The van der Waals surface area contributed by atoms with Crippen molar-refractivity contribution in [3.05, 3.63) is 11.6 Å². The normalized spacial score (nSPS) is 30.1. The van der Waals surface area contributed by atoms with Gasteiger partial charge in [0, 0.05) is 5.92 Å². The predicted octanol–water partition coefficient (Wildman–Crippen LogP) is 2.67. The van der Waals surface area contributed by atoms with Crippen LogP contribution >= 0.6 is 0 Å². The fraction of sp³-hybridized carbons (Fsp3) is 0.706. The summed E-state index contributed by atoms with van der Waals surface area (Å²) in [4.78, 5) is 38.8. The molecule has 0 aromatic rings. The molecule has 1 aliphatic heterocycles. The number of likely N-dealkylation sites (tertiary alicyclic amines) is 1. The molecule has 1 aliphatic carbocycles. The van der Waals surface area contributed by atoms with Crippen LogP contribution in [0, 0.1) is 11.3 Å². The number of hydrogen-bond donors (Lipinski definition) is 0. The van der Waals surface area contributed by atoms with Crippen LogP contribution in [-0.4, -0.2) is 41.1 Å². The van der Waals surface area contributed by atoms with Crippen LogP contribution in [0.25, 0.3) is 0 Å². The van der Waals surface area contributed by atoms with E-state index in [2.05, 4.69) is 0 Å². The molecule has 0 bridgehead atoms. The van der Waals surface area contributed by atoms with E-state index >= 15 is 0 Å². The summed E-state index contributed by atoms with van der Waals surface area (Å²) in [5.74, 6) is -1.24. The Hall–Kier alpha value is -1.85. The second-order valence-corrected chi connectivity index (χ2v) is 7.28. The third kappa shape index (κ3) is 2.75. The van der Waals surface area contributed by atoms with Gasteiger partial charge in [-0.25, -0.2) is 14.5 Å². The zero-order valence-electron chi connectivity index (χ0n) is 14.6. The first-order valence-corrected chi connectivity index (χ1v) is 7.94. The van der Waals surface area contributed by atoms with Gasteiger partial charge in [0.15, 0.2) is 0 Å². The maximum absolute atomic E-state index is 12.9. The van der Waals surface area contributed by atoms with Crippen molar-refractivity contribution in [1.82, 2.24) is 4.90 Å².